The highest BCUT2D eigenvalue weighted by Crippen LogP contribution is 2.42. The molecule has 1 aliphatic carbocycles. The number of fused-ring (bicyclic) bond motifs is 1. The van der Waals surface area contributed by atoms with Gasteiger partial charge in [-0.25, -0.2) is 0 Å². The molecule has 5 heteroatoms. The summed E-state index contributed by atoms with van der Waals surface area (Å²) in [5, 5.41) is 6.58. The average molecular weight is 340 g/mol. The van der Waals surface area contributed by atoms with E-state index < -0.39 is 0 Å². The third kappa shape index (κ3) is 2.28. The van der Waals surface area contributed by atoms with Crippen LogP contribution in [0.5, 0.6) is 0 Å². The van der Waals surface area contributed by atoms with Crippen molar-refractivity contribution in [1.29, 1.82) is 0 Å². The van der Waals surface area contributed by atoms with Gasteiger partial charge in [-0.05, 0) is 59.1 Å². The fourth-order valence-corrected chi connectivity index (χ4v) is 4.60. The Morgan fingerprint density at radius 1 is 1.63 bits per heavy atom. The van der Waals surface area contributed by atoms with Crippen molar-refractivity contribution in [3.63, 3.8) is 0 Å². The van der Waals surface area contributed by atoms with Gasteiger partial charge in [0.1, 0.15) is 0 Å². The van der Waals surface area contributed by atoms with E-state index in [0.29, 0.717) is 5.92 Å². The molecule has 0 aliphatic heterocycles. The lowest BCUT2D eigenvalue weighted by molar-refractivity contribution is 0.447. The van der Waals surface area contributed by atoms with Crippen LogP contribution in [-0.2, 0) is 13.0 Å². The normalized spacial score (nSPS) is 20.3. The number of rotatable bonds is 3. The summed E-state index contributed by atoms with van der Waals surface area (Å²) in [5.74, 6) is 0.424. The number of halogens is 1. The van der Waals surface area contributed by atoms with Crippen molar-refractivity contribution in [2.45, 2.75) is 44.7 Å². The fraction of sp³-hybridized carbons (Fsp3) is 0.500. The molecule has 0 bridgehead atoms. The maximum Gasteiger partial charge on any atom is 0.0699 e. The van der Waals surface area contributed by atoms with Gasteiger partial charge in [0.25, 0.3) is 0 Å². The van der Waals surface area contributed by atoms with Crippen LogP contribution in [0.25, 0.3) is 0 Å². The monoisotopic (exact) mass is 339 g/mol. The third-order valence-corrected chi connectivity index (χ3v) is 5.59. The van der Waals surface area contributed by atoms with E-state index >= 15 is 0 Å². The minimum atomic E-state index is 0.0190. The molecule has 102 valence electrons. The molecule has 19 heavy (non-hydrogen) atoms. The first kappa shape index (κ1) is 13.3. The summed E-state index contributed by atoms with van der Waals surface area (Å²) in [4.78, 5) is 1.52. The van der Waals surface area contributed by atoms with E-state index in [0.717, 1.165) is 16.7 Å². The van der Waals surface area contributed by atoms with Gasteiger partial charge in [0, 0.05) is 17.3 Å². The number of aromatic nitrogens is 2. The van der Waals surface area contributed by atoms with Crippen LogP contribution in [0.2, 0.25) is 0 Å². The molecule has 0 fully saturated rings. The molecule has 2 unspecified atom stereocenters. The lowest BCUT2D eigenvalue weighted by Gasteiger charge is -2.28. The van der Waals surface area contributed by atoms with Crippen LogP contribution >= 0.6 is 27.3 Å². The third-order valence-electron chi connectivity index (χ3n) is 3.98. The van der Waals surface area contributed by atoms with E-state index in [1.54, 1.807) is 0 Å². The average Bonchev–Trinajstić information content (AvgIpc) is 3.03. The minimum absolute atomic E-state index is 0.0190. The standard InChI is InChI=1S/C14H18BrN3S/c1-2-18-14(11(15)8-17-18)13(16)10-4-3-5-12-9(10)6-7-19-12/h6-8,10,13H,2-5,16H2,1H3. The van der Waals surface area contributed by atoms with Crippen LogP contribution in [0.3, 0.4) is 0 Å². The molecule has 3 nitrogen and oxygen atoms in total. The Hall–Kier alpha value is -0.650. The molecular formula is C14H18BrN3S. The van der Waals surface area contributed by atoms with Crippen molar-refractivity contribution in [1.82, 2.24) is 9.78 Å². The van der Waals surface area contributed by atoms with E-state index in [-0.39, 0.29) is 6.04 Å². The van der Waals surface area contributed by atoms with Crippen LogP contribution in [0.4, 0.5) is 0 Å². The highest BCUT2D eigenvalue weighted by molar-refractivity contribution is 9.10. The van der Waals surface area contributed by atoms with Crippen molar-refractivity contribution in [3.8, 4) is 0 Å². The van der Waals surface area contributed by atoms with Gasteiger partial charge in [0.2, 0.25) is 0 Å². The minimum Gasteiger partial charge on any atom is -0.322 e. The van der Waals surface area contributed by atoms with E-state index in [4.69, 9.17) is 5.73 Å². The molecule has 3 rings (SSSR count). The summed E-state index contributed by atoms with van der Waals surface area (Å²) in [7, 11) is 0. The highest BCUT2D eigenvalue weighted by Gasteiger charge is 2.30. The molecule has 0 aromatic carbocycles. The topological polar surface area (TPSA) is 43.8 Å². The maximum absolute atomic E-state index is 6.58. The van der Waals surface area contributed by atoms with Gasteiger partial charge < -0.3 is 5.73 Å². The van der Waals surface area contributed by atoms with Crippen molar-refractivity contribution in [3.05, 3.63) is 38.3 Å². The number of hydrogen-bond acceptors (Lipinski definition) is 3. The smallest absolute Gasteiger partial charge is 0.0699 e. The molecule has 1 aliphatic rings. The summed E-state index contributed by atoms with van der Waals surface area (Å²) in [6.45, 7) is 2.96. The Balaban J connectivity index is 1.97. The largest absolute Gasteiger partial charge is 0.322 e. The van der Waals surface area contributed by atoms with Gasteiger partial charge in [-0.1, -0.05) is 0 Å². The lowest BCUT2D eigenvalue weighted by Crippen LogP contribution is -2.25. The van der Waals surface area contributed by atoms with Crippen LogP contribution < -0.4 is 5.73 Å². The second-order valence-electron chi connectivity index (χ2n) is 5.02. The molecule has 0 amide bonds. The van der Waals surface area contributed by atoms with E-state index in [9.17, 15) is 0 Å². The number of nitrogens with two attached hydrogens (primary N) is 1. The predicted octanol–water partition coefficient (Wildman–Crippen LogP) is 3.85. The Bertz CT molecular complexity index is 575. The zero-order valence-corrected chi connectivity index (χ0v) is 13.4. The molecule has 0 radical (unpaired) electrons. The van der Waals surface area contributed by atoms with E-state index in [2.05, 4.69) is 39.4 Å². The van der Waals surface area contributed by atoms with Gasteiger partial charge in [0.15, 0.2) is 0 Å². The Labute approximate surface area is 125 Å². The molecule has 2 aromatic rings. The van der Waals surface area contributed by atoms with Gasteiger partial charge in [0.05, 0.1) is 22.4 Å². The molecule has 2 atom stereocenters. The van der Waals surface area contributed by atoms with Crippen molar-refractivity contribution >= 4 is 27.3 Å². The summed E-state index contributed by atoms with van der Waals surface area (Å²) < 4.78 is 3.04. The molecule has 2 aromatic heterocycles. The Morgan fingerprint density at radius 2 is 2.47 bits per heavy atom. The highest BCUT2D eigenvalue weighted by atomic mass is 79.9. The molecular weight excluding hydrogens is 322 g/mol. The summed E-state index contributed by atoms with van der Waals surface area (Å²) in [6.07, 6.45) is 5.48. The molecule has 0 spiro atoms. The second-order valence-corrected chi connectivity index (χ2v) is 6.87. The molecule has 2 N–H and O–H groups in total. The van der Waals surface area contributed by atoms with Crippen LogP contribution in [-0.4, -0.2) is 9.78 Å². The zero-order chi connectivity index (χ0) is 13.4. The Kier molecular flexibility index (Phi) is 3.78. The van der Waals surface area contributed by atoms with Gasteiger partial charge in [-0.3, -0.25) is 4.68 Å². The number of thiophene rings is 1. The molecule has 0 saturated carbocycles. The number of nitrogens with zero attached hydrogens (tertiary/aromatic N) is 2. The Morgan fingerprint density at radius 3 is 3.26 bits per heavy atom. The van der Waals surface area contributed by atoms with Crippen molar-refractivity contribution in [2.75, 3.05) is 0 Å². The zero-order valence-electron chi connectivity index (χ0n) is 11.0. The van der Waals surface area contributed by atoms with E-state index in [1.807, 2.05) is 22.2 Å². The van der Waals surface area contributed by atoms with Crippen LogP contribution in [0.1, 0.15) is 47.9 Å². The molecule has 0 saturated heterocycles. The number of aryl methyl sites for hydroxylation is 2. The predicted molar refractivity (Wildman–Crippen MR) is 82.5 cm³/mol. The lowest BCUT2D eigenvalue weighted by atomic mass is 9.81. The van der Waals surface area contributed by atoms with Crippen molar-refractivity contribution < 1.29 is 0 Å². The fourth-order valence-electron chi connectivity index (χ4n) is 3.04. The second kappa shape index (κ2) is 5.38. The first-order chi connectivity index (χ1) is 9.22. The maximum atomic E-state index is 6.58. The summed E-state index contributed by atoms with van der Waals surface area (Å²) >= 11 is 5.46. The van der Waals surface area contributed by atoms with Crippen LogP contribution in [0.15, 0.2) is 22.1 Å². The first-order valence-electron chi connectivity index (χ1n) is 6.75. The summed E-state index contributed by atoms with van der Waals surface area (Å²) in [5.41, 5.74) is 9.17. The van der Waals surface area contributed by atoms with Crippen LogP contribution in [0, 0.1) is 0 Å². The van der Waals surface area contributed by atoms with Gasteiger partial charge in [-0.15, -0.1) is 11.3 Å². The van der Waals surface area contributed by atoms with E-state index in [1.165, 1.54) is 29.7 Å². The SMILES string of the molecule is CCn1ncc(Br)c1C(N)C1CCCc2sccc21. The summed E-state index contributed by atoms with van der Waals surface area (Å²) in [6, 6.07) is 2.27. The molecule has 2 heterocycles. The van der Waals surface area contributed by atoms with Gasteiger partial charge in [-0.2, -0.15) is 5.10 Å². The van der Waals surface area contributed by atoms with Gasteiger partial charge >= 0.3 is 0 Å². The number of hydrogen-bond donors (Lipinski definition) is 1. The quantitative estimate of drug-likeness (QED) is 0.922. The van der Waals surface area contributed by atoms with Crippen molar-refractivity contribution in [2.24, 2.45) is 5.73 Å². The first-order valence-corrected chi connectivity index (χ1v) is 8.42.